The van der Waals surface area contributed by atoms with E-state index in [4.69, 9.17) is 4.43 Å². The van der Waals surface area contributed by atoms with Crippen molar-refractivity contribution in [1.29, 1.82) is 10.5 Å². The fourth-order valence-corrected chi connectivity index (χ4v) is 5.37. The molecule has 1 aromatic carbocycles. The predicted octanol–water partition coefficient (Wildman–Crippen LogP) is 4.03. The van der Waals surface area contributed by atoms with Crippen LogP contribution in [0.15, 0.2) is 29.2 Å². The molecular weight excluding hydrogens is 386 g/mol. The molecule has 0 amide bonds. The Bertz CT molecular complexity index is 771. The van der Waals surface area contributed by atoms with Gasteiger partial charge in [0.1, 0.15) is 11.1 Å². The smallest absolute Gasteiger partial charge is 0.183 e. The van der Waals surface area contributed by atoms with Gasteiger partial charge >= 0.3 is 0 Å². The van der Waals surface area contributed by atoms with Crippen molar-refractivity contribution in [3.05, 3.63) is 29.8 Å². The SMILES string of the molecule is Cc1ccc(S(=O)C[C@](C#N)(CO[Si](C)(C)C)NC2(C#N)CCCCC2)cc1. The molecule has 2 rings (SSSR count). The third-order valence-corrected chi connectivity index (χ3v) is 7.59. The van der Waals surface area contributed by atoms with E-state index in [0.29, 0.717) is 17.7 Å². The van der Waals surface area contributed by atoms with Gasteiger partial charge in [-0.1, -0.05) is 37.0 Å². The molecule has 1 N–H and O–H groups in total. The molecule has 1 unspecified atom stereocenters. The number of rotatable bonds is 8. The lowest BCUT2D eigenvalue weighted by atomic mass is 9.81. The Morgan fingerprint density at radius 3 is 2.29 bits per heavy atom. The molecule has 7 heteroatoms. The van der Waals surface area contributed by atoms with Gasteiger partial charge in [0.05, 0.1) is 35.3 Å². The highest BCUT2D eigenvalue weighted by atomic mass is 32.2. The lowest BCUT2D eigenvalue weighted by Gasteiger charge is -2.40. The van der Waals surface area contributed by atoms with Gasteiger partial charge in [-0.15, -0.1) is 0 Å². The number of hydrogen-bond donors (Lipinski definition) is 1. The molecule has 0 heterocycles. The molecule has 0 saturated heterocycles. The van der Waals surface area contributed by atoms with Crippen molar-refractivity contribution in [2.45, 2.75) is 74.6 Å². The van der Waals surface area contributed by atoms with Crippen LogP contribution in [-0.2, 0) is 15.2 Å². The van der Waals surface area contributed by atoms with Gasteiger partial charge in [0.25, 0.3) is 0 Å². The maximum Gasteiger partial charge on any atom is 0.183 e. The van der Waals surface area contributed by atoms with Gasteiger partial charge in [0.15, 0.2) is 8.32 Å². The molecule has 1 saturated carbocycles. The Kier molecular flexibility index (Phi) is 7.58. The summed E-state index contributed by atoms with van der Waals surface area (Å²) < 4.78 is 19.2. The van der Waals surface area contributed by atoms with Crippen LogP contribution in [0.3, 0.4) is 0 Å². The Morgan fingerprint density at radius 2 is 1.79 bits per heavy atom. The number of nitriles is 2. The second-order valence-corrected chi connectivity index (χ2v) is 14.7. The highest BCUT2D eigenvalue weighted by Crippen LogP contribution is 2.31. The molecule has 5 nitrogen and oxygen atoms in total. The first-order valence-corrected chi connectivity index (χ1v) is 14.6. The van der Waals surface area contributed by atoms with Crippen LogP contribution in [0, 0.1) is 29.6 Å². The van der Waals surface area contributed by atoms with Crippen molar-refractivity contribution >= 4 is 19.1 Å². The lowest BCUT2D eigenvalue weighted by Crippen LogP contribution is -2.63. The fraction of sp³-hybridized carbons (Fsp3) is 0.619. The predicted molar refractivity (Wildman–Crippen MR) is 115 cm³/mol. The molecule has 1 aromatic rings. The largest absolute Gasteiger partial charge is 0.415 e. The number of hydrogen-bond acceptors (Lipinski definition) is 5. The fourth-order valence-electron chi connectivity index (χ4n) is 3.42. The third kappa shape index (κ3) is 6.25. The molecule has 0 spiro atoms. The quantitative estimate of drug-likeness (QED) is 0.645. The first-order valence-electron chi connectivity index (χ1n) is 9.84. The summed E-state index contributed by atoms with van der Waals surface area (Å²) in [5.74, 6) is 0.0977. The minimum atomic E-state index is -1.89. The van der Waals surface area contributed by atoms with E-state index in [1.807, 2.05) is 31.2 Å². The average Bonchev–Trinajstić information content (AvgIpc) is 2.67. The normalized spacial score (nSPS) is 19.8. The minimum absolute atomic E-state index is 0.0977. The summed E-state index contributed by atoms with van der Waals surface area (Å²) in [5, 5.41) is 23.4. The van der Waals surface area contributed by atoms with Crippen molar-refractivity contribution in [3.63, 3.8) is 0 Å². The summed E-state index contributed by atoms with van der Waals surface area (Å²) in [7, 11) is -3.27. The number of benzene rings is 1. The summed E-state index contributed by atoms with van der Waals surface area (Å²) in [6, 6.07) is 12.3. The maximum atomic E-state index is 13.1. The third-order valence-electron chi connectivity index (χ3n) is 5.03. The van der Waals surface area contributed by atoms with Gasteiger partial charge in [0.2, 0.25) is 0 Å². The zero-order chi connectivity index (χ0) is 20.8. The maximum absolute atomic E-state index is 13.1. The highest BCUT2D eigenvalue weighted by Gasteiger charge is 2.44. The standard InChI is InChI=1S/C21H31N3O2SSi/c1-18-8-10-19(11-9-18)27(25)17-21(15-23,16-26-28(2,3)4)24-20(14-22)12-6-5-7-13-20/h8-11,24H,5-7,12-13,16-17H2,1-4H3/t21-,27?/m0/s1. The number of aryl methyl sites for hydroxylation is 1. The van der Waals surface area contributed by atoms with Crippen molar-refractivity contribution in [2.75, 3.05) is 12.4 Å². The molecule has 2 atom stereocenters. The molecule has 1 fully saturated rings. The van der Waals surface area contributed by atoms with Crippen LogP contribution < -0.4 is 5.32 Å². The first-order chi connectivity index (χ1) is 13.1. The van der Waals surface area contributed by atoms with Crippen LogP contribution in [0.4, 0.5) is 0 Å². The van der Waals surface area contributed by atoms with E-state index in [1.165, 1.54) is 0 Å². The molecule has 152 valence electrons. The summed E-state index contributed by atoms with van der Waals surface area (Å²) in [4.78, 5) is 0.690. The van der Waals surface area contributed by atoms with Crippen LogP contribution in [0.2, 0.25) is 19.6 Å². The van der Waals surface area contributed by atoms with Crippen molar-refractivity contribution in [1.82, 2.24) is 5.32 Å². The summed E-state index contributed by atoms with van der Waals surface area (Å²) in [6.07, 6.45) is 4.43. The van der Waals surface area contributed by atoms with E-state index in [-0.39, 0.29) is 12.4 Å². The van der Waals surface area contributed by atoms with Crippen molar-refractivity contribution < 1.29 is 8.63 Å². The zero-order valence-corrected chi connectivity index (χ0v) is 19.2. The van der Waals surface area contributed by atoms with Crippen LogP contribution in [0.25, 0.3) is 0 Å². The second kappa shape index (κ2) is 9.32. The van der Waals surface area contributed by atoms with E-state index in [1.54, 1.807) is 0 Å². The molecule has 0 aromatic heterocycles. The first kappa shape index (κ1) is 22.8. The Hall–Kier alpha value is -1.51. The van der Waals surface area contributed by atoms with Gasteiger partial charge in [-0.3, -0.25) is 9.53 Å². The van der Waals surface area contributed by atoms with Crippen LogP contribution >= 0.6 is 0 Å². The topological polar surface area (TPSA) is 85.9 Å². The van der Waals surface area contributed by atoms with E-state index in [2.05, 4.69) is 37.1 Å². The average molecular weight is 418 g/mol. The van der Waals surface area contributed by atoms with E-state index >= 15 is 0 Å². The van der Waals surface area contributed by atoms with Crippen LogP contribution in [0.5, 0.6) is 0 Å². The minimum Gasteiger partial charge on any atom is -0.415 e. The van der Waals surface area contributed by atoms with Gasteiger partial charge in [-0.05, 0) is 51.5 Å². The lowest BCUT2D eigenvalue weighted by molar-refractivity contribution is 0.177. The summed E-state index contributed by atoms with van der Waals surface area (Å²) in [6.45, 7) is 8.31. The Labute approximate surface area is 172 Å². The molecule has 0 aliphatic heterocycles. The monoisotopic (exact) mass is 417 g/mol. The zero-order valence-electron chi connectivity index (χ0n) is 17.4. The van der Waals surface area contributed by atoms with Crippen LogP contribution in [0.1, 0.15) is 37.7 Å². The van der Waals surface area contributed by atoms with E-state index < -0.39 is 30.2 Å². The second-order valence-electron chi connectivity index (χ2n) is 8.78. The Morgan fingerprint density at radius 1 is 1.18 bits per heavy atom. The van der Waals surface area contributed by atoms with E-state index in [0.717, 1.165) is 24.8 Å². The van der Waals surface area contributed by atoms with Crippen molar-refractivity contribution in [2.24, 2.45) is 0 Å². The number of nitrogens with one attached hydrogen (secondary N) is 1. The summed E-state index contributed by atoms with van der Waals surface area (Å²) in [5.41, 5.74) is -0.824. The molecule has 0 radical (unpaired) electrons. The Balaban J connectivity index is 2.31. The van der Waals surface area contributed by atoms with Gasteiger partial charge in [-0.2, -0.15) is 10.5 Å². The highest BCUT2D eigenvalue weighted by molar-refractivity contribution is 7.85. The molecule has 1 aliphatic rings. The van der Waals surface area contributed by atoms with Crippen molar-refractivity contribution in [3.8, 4) is 12.1 Å². The van der Waals surface area contributed by atoms with Gasteiger partial charge in [-0.25, -0.2) is 0 Å². The molecule has 1 aliphatic carbocycles. The van der Waals surface area contributed by atoms with E-state index in [9.17, 15) is 14.7 Å². The molecular formula is C21H31N3O2SSi. The molecule has 0 bridgehead atoms. The van der Waals surface area contributed by atoms with Gasteiger partial charge in [0, 0.05) is 4.90 Å². The van der Waals surface area contributed by atoms with Gasteiger partial charge < -0.3 is 4.43 Å². The molecule has 28 heavy (non-hydrogen) atoms. The summed E-state index contributed by atoms with van der Waals surface area (Å²) >= 11 is 0. The van der Waals surface area contributed by atoms with Crippen LogP contribution in [-0.4, -0.2) is 36.0 Å². The number of nitrogens with zero attached hydrogens (tertiary/aromatic N) is 2.